The largest absolute Gasteiger partial charge is 0.443 e. The van der Waals surface area contributed by atoms with E-state index in [-0.39, 0.29) is 74.9 Å². The Morgan fingerprint density at radius 1 is 0.887 bits per heavy atom. The number of nitrogens with one attached hydrogen (secondary N) is 3. The number of carbonyl (C=O) groups excluding carboxylic acids is 3. The molecule has 5 N–H and O–H groups in total. The fourth-order valence-corrected chi connectivity index (χ4v) is 6.85. The Bertz CT molecular complexity index is 2320. The van der Waals surface area contributed by atoms with Crippen LogP contribution in [0.3, 0.4) is 0 Å². The molecule has 1 aromatic carbocycles. The number of thiocarbonyl (C=S) groups is 1. The van der Waals surface area contributed by atoms with Crippen LogP contribution >= 0.6 is 28.1 Å². The summed E-state index contributed by atoms with van der Waals surface area (Å²) >= 11 is 8.39. The third kappa shape index (κ3) is 11.0. The third-order valence-corrected chi connectivity index (χ3v) is 10.8. The summed E-state index contributed by atoms with van der Waals surface area (Å²) in [6.45, 7) is 14.5. The molecule has 5 aromatic rings. The van der Waals surface area contributed by atoms with Crippen LogP contribution in [0, 0.1) is 18.8 Å². The van der Waals surface area contributed by atoms with Crippen LogP contribution < -0.4 is 21.7 Å². The summed E-state index contributed by atoms with van der Waals surface area (Å²) < 4.78 is 40.6. The van der Waals surface area contributed by atoms with Crippen LogP contribution in [0.4, 0.5) is 0 Å². The van der Waals surface area contributed by atoms with E-state index >= 15 is 0 Å². The number of carbonyl (C=O) groups is 3. The van der Waals surface area contributed by atoms with Crippen molar-refractivity contribution in [1.29, 1.82) is 0 Å². The number of rotatable bonds is 20. The smallest absolute Gasteiger partial charge is 0.274 e. The number of halogens is 1. The van der Waals surface area contributed by atoms with Crippen LogP contribution in [0.15, 0.2) is 60.5 Å². The first-order chi connectivity index (χ1) is 29.3. The number of nitrogens with two attached hydrogens (primary N) is 1. The van der Waals surface area contributed by atoms with Crippen molar-refractivity contribution in [3.05, 3.63) is 71.8 Å². The number of methoxy groups -OCH3 is 2. The van der Waals surface area contributed by atoms with Gasteiger partial charge in [0.25, 0.3) is 17.6 Å². The zero-order valence-corrected chi connectivity index (χ0v) is 38.7. The summed E-state index contributed by atoms with van der Waals surface area (Å²) in [5.74, 6) is -3.15. The lowest BCUT2D eigenvalue weighted by Crippen LogP contribution is -2.57. The van der Waals surface area contributed by atoms with Gasteiger partial charge >= 0.3 is 0 Å². The van der Waals surface area contributed by atoms with Gasteiger partial charge in [-0.05, 0) is 39.5 Å². The maximum atomic E-state index is 14.3. The van der Waals surface area contributed by atoms with Gasteiger partial charge in [0.1, 0.15) is 47.1 Å². The van der Waals surface area contributed by atoms with Crippen molar-refractivity contribution in [2.24, 2.45) is 17.6 Å². The highest BCUT2D eigenvalue weighted by Gasteiger charge is 2.39. The molecule has 0 spiro atoms. The lowest BCUT2D eigenvalue weighted by molar-refractivity contribution is -0.211. The van der Waals surface area contributed by atoms with E-state index in [9.17, 15) is 14.4 Å². The monoisotopic (exact) mass is 940 g/mol. The number of oxazole rings is 4. The molecule has 3 amide bonds. The van der Waals surface area contributed by atoms with Gasteiger partial charge in [0.2, 0.25) is 29.5 Å². The standard InChI is InChI=1S/C42H53BrN8O10S/c1-11-22(4)29(49-36(54)31-32(24-15-13-12-14-16-24)61-38(51-31)26-18-58-40(47-26)42(20-43,55-9)56-10)35(53)48-28(21(2)3)34(52)45-27(19-59-41(6,7)8)37-50-30(23(5)60-37)39-46-25(17-57-39)33(44)62/h12-18,21-22,27-29H,11,19-20H2,1-10H3,(H2,44,62)(H,45,52)(H,48,53)(H,49,54)/t22-,27-,28-,29+/m0/s1. The highest BCUT2D eigenvalue weighted by atomic mass is 79.9. The van der Waals surface area contributed by atoms with E-state index in [1.165, 1.54) is 26.7 Å². The molecular weight excluding hydrogens is 888 g/mol. The van der Waals surface area contributed by atoms with Crippen molar-refractivity contribution in [2.45, 2.75) is 91.3 Å². The van der Waals surface area contributed by atoms with Gasteiger partial charge < -0.3 is 53.6 Å². The molecule has 0 saturated heterocycles. The van der Waals surface area contributed by atoms with Gasteiger partial charge in [0, 0.05) is 19.8 Å². The molecule has 5 rings (SSSR count). The van der Waals surface area contributed by atoms with Crippen LogP contribution in [0.5, 0.6) is 0 Å². The van der Waals surface area contributed by atoms with Gasteiger partial charge in [0.05, 0.1) is 17.5 Å². The van der Waals surface area contributed by atoms with Crippen LogP contribution in [-0.2, 0) is 29.6 Å². The van der Waals surface area contributed by atoms with Gasteiger partial charge in [-0.1, -0.05) is 92.6 Å². The van der Waals surface area contributed by atoms with Crippen molar-refractivity contribution in [1.82, 2.24) is 35.9 Å². The second kappa shape index (κ2) is 20.3. The van der Waals surface area contributed by atoms with Crippen LogP contribution in [0.2, 0.25) is 0 Å². The van der Waals surface area contributed by atoms with E-state index in [0.717, 1.165) is 0 Å². The molecule has 0 fully saturated rings. The molecular formula is C42H53BrN8O10S. The van der Waals surface area contributed by atoms with Gasteiger partial charge in [-0.25, -0.2) is 19.9 Å². The number of ether oxygens (including phenoxy) is 3. The molecule has 62 heavy (non-hydrogen) atoms. The molecule has 0 saturated carbocycles. The molecule has 0 aliphatic rings. The quantitative estimate of drug-likeness (QED) is 0.0376. The minimum Gasteiger partial charge on any atom is -0.443 e. The SMILES string of the molecule is CC[C@H](C)[C@@H](NC(=O)c1nc(-c2coc(C(CBr)(OC)OC)n2)oc1-c1ccccc1)C(=O)N[C@H](C(=O)N[C@@H](COC(C)(C)C)c1nc(-c2nc(C(N)=S)co2)c(C)o1)C(C)C. The van der Waals surface area contributed by atoms with E-state index in [1.807, 2.05) is 40.7 Å². The van der Waals surface area contributed by atoms with E-state index in [1.54, 1.807) is 45.0 Å². The molecule has 0 aliphatic heterocycles. The number of alkyl halides is 1. The zero-order valence-electron chi connectivity index (χ0n) is 36.3. The predicted octanol–water partition coefficient (Wildman–Crippen LogP) is 6.38. The molecule has 18 nitrogen and oxygen atoms in total. The number of benzene rings is 1. The lowest BCUT2D eigenvalue weighted by atomic mass is 9.96. The second-order valence-corrected chi connectivity index (χ2v) is 16.8. The number of amides is 3. The number of hydrogen-bond acceptors (Lipinski definition) is 15. The number of hydrogen-bond donors (Lipinski definition) is 4. The van der Waals surface area contributed by atoms with Crippen molar-refractivity contribution in [3.8, 4) is 34.5 Å². The Morgan fingerprint density at radius 3 is 2.15 bits per heavy atom. The Kier molecular flexibility index (Phi) is 15.6. The first kappa shape index (κ1) is 47.8. The highest BCUT2D eigenvalue weighted by molar-refractivity contribution is 9.09. The van der Waals surface area contributed by atoms with Gasteiger partial charge in [-0.15, -0.1) is 0 Å². The maximum Gasteiger partial charge on any atom is 0.274 e. The van der Waals surface area contributed by atoms with Crippen LogP contribution in [-0.4, -0.2) is 86.5 Å². The maximum absolute atomic E-state index is 14.3. The summed E-state index contributed by atoms with van der Waals surface area (Å²) in [7, 11) is 2.89. The average molecular weight is 942 g/mol. The molecule has 0 unspecified atom stereocenters. The topological polar surface area (TPSA) is 245 Å². The Morgan fingerprint density at radius 2 is 1.56 bits per heavy atom. The first-order valence-electron chi connectivity index (χ1n) is 19.8. The van der Waals surface area contributed by atoms with Gasteiger partial charge in [0.15, 0.2) is 22.8 Å². The normalized spacial score (nSPS) is 14.0. The summed E-state index contributed by atoms with van der Waals surface area (Å²) in [6.07, 6.45) is 3.13. The number of aryl methyl sites for hydroxylation is 1. The van der Waals surface area contributed by atoms with Crippen molar-refractivity contribution < 1.29 is 46.3 Å². The predicted molar refractivity (Wildman–Crippen MR) is 234 cm³/mol. The fourth-order valence-electron chi connectivity index (χ4n) is 6.06. The van der Waals surface area contributed by atoms with Crippen LogP contribution in [0.1, 0.15) is 94.7 Å². The average Bonchev–Trinajstić information content (AvgIpc) is 4.08. The third-order valence-electron chi connectivity index (χ3n) is 9.86. The van der Waals surface area contributed by atoms with Crippen molar-refractivity contribution in [3.63, 3.8) is 0 Å². The molecule has 4 aromatic heterocycles. The van der Waals surface area contributed by atoms with E-state index in [4.69, 9.17) is 49.8 Å². The molecule has 0 bridgehead atoms. The van der Waals surface area contributed by atoms with Crippen LogP contribution in [0.25, 0.3) is 34.5 Å². The minimum absolute atomic E-state index is 0.0241. The number of nitrogens with zero attached hydrogens (tertiary/aromatic N) is 4. The summed E-state index contributed by atoms with van der Waals surface area (Å²) in [5.41, 5.74) is 6.30. The fraction of sp³-hybridized carbons (Fsp3) is 0.476. The Hall–Kier alpha value is -5.28. The Labute approximate surface area is 373 Å². The second-order valence-electron chi connectivity index (χ2n) is 15.8. The molecule has 4 atom stereocenters. The van der Waals surface area contributed by atoms with Gasteiger partial charge in [-0.3, -0.25) is 14.4 Å². The first-order valence-corrected chi connectivity index (χ1v) is 21.4. The molecule has 20 heteroatoms. The molecule has 0 aliphatic carbocycles. The van der Waals surface area contributed by atoms with E-state index < -0.39 is 53.2 Å². The number of aromatic nitrogens is 4. The summed E-state index contributed by atoms with van der Waals surface area (Å²) in [6, 6.07) is 5.84. The van der Waals surface area contributed by atoms with Gasteiger partial charge in [-0.2, -0.15) is 0 Å². The molecule has 4 heterocycles. The minimum atomic E-state index is -1.34. The van der Waals surface area contributed by atoms with E-state index in [0.29, 0.717) is 17.7 Å². The highest BCUT2D eigenvalue weighted by Crippen LogP contribution is 2.34. The van der Waals surface area contributed by atoms with Crippen molar-refractivity contribution in [2.75, 3.05) is 26.2 Å². The summed E-state index contributed by atoms with van der Waals surface area (Å²) in [4.78, 5) is 60.7. The zero-order chi connectivity index (χ0) is 45.5. The lowest BCUT2D eigenvalue weighted by Gasteiger charge is -2.29. The molecule has 0 radical (unpaired) electrons. The van der Waals surface area contributed by atoms with Crippen molar-refractivity contribution >= 4 is 50.9 Å². The molecule has 334 valence electrons. The Balaban J connectivity index is 1.41. The summed E-state index contributed by atoms with van der Waals surface area (Å²) in [5, 5.41) is 8.90. The van der Waals surface area contributed by atoms with E-state index in [2.05, 4.69) is 51.8 Å².